The lowest BCUT2D eigenvalue weighted by atomic mass is 10.1. The van der Waals surface area contributed by atoms with Crippen molar-refractivity contribution in [2.75, 3.05) is 6.61 Å². The summed E-state index contributed by atoms with van der Waals surface area (Å²) in [6, 6.07) is 3.32. The number of fused-ring (bicyclic) bond motifs is 1. The van der Waals surface area contributed by atoms with E-state index in [1.165, 1.54) is 6.07 Å². The van der Waals surface area contributed by atoms with Crippen molar-refractivity contribution in [2.45, 2.75) is 18.9 Å². The van der Waals surface area contributed by atoms with Gasteiger partial charge < -0.3 is 20.7 Å². The number of carboxylic acid groups (broad SMARTS) is 1. The van der Waals surface area contributed by atoms with E-state index in [1.807, 2.05) is 0 Å². The molecule has 5 nitrogen and oxygen atoms in total. The standard InChI is InChI=1S/C11H13NO4/c12-7-3-6-1-2-9(13)11(8(6)4-7)16-5-10(14)15/h1-2,7,13H,3-5,12H2,(H,14,15). The highest BCUT2D eigenvalue weighted by Crippen LogP contribution is 2.37. The van der Waals surface area contributed by atoms with E-state index in [9.17, 15) is 9.90 Å². The first kappa shape index (κ1) is 10.8. The number of hydrogen-bond acceptors (Lipinski definition) is 4. The van der Waals surface area contributed by atoms with Crippen molar-refractivity contribution in [3.8, 4) is 11.5 Å². The topological polar surface area (TPSA) is 92.8 Å². The molecule has 0 spiro atoms. The minimum Gasteiger partial charge on any atom is -0.504 e. The lowest BCUT2D eigenvalue weighted by molar-refractivity contribution is -0.139. The van der Waals surface area contributed by atoms with E-state index in [0.717, 1.165) is 17.5 Å². The second kappa shape index (κ2) is 4.02. The zero-order valence-electron chi connectivity index (χ0n) is 8.64. The van der Waals surface area contributed by atoms with Crippen LogP contribution in [0, 0.1) is 0 Å². The molecule has 1 aliphatic carbocycles. The highest BCUT2D eigenvalue weighted by molar-refractivity contribution is 5.69. The van der Waals surface area contributed by atoms with Gasteiger partial charge in [0.15, 0.2) is 18.1 Å². The maximum Gasteiger partial charge on any atom is 0.341 e. The molecule has 0 bridgehead atoms. The number of hydrogen-bond donors (Lipinski definition) is 3. The van der Waals surface area contributed by atoms with Crippen LogP contribution in [0.1, 0.15) is 11.1 Å². The Labute approximate surface area is 92.5 Å². The number of phenols is 1. The zero-order valence-corrected chi connectivity index (χ0v) is 8.64. The van der Waals surface area contributed by atoms with Crippen LogP contribution in [0.25, 0.3) is 0 Å². The van der Waals surface area contributed by atoms with Crippen LogP contribution in [0.2, 0.25) is 0 Å². The number of rotatable bonds is 3. The van der Waals surface area contributed by atoms with Gasteiger partial charge in [0, 0.05) is 11.6 Å². The van der Waals surface area contributed by atoms with E-state index >= 15 is 0 Å². The molecule has 0 fully saturated rings. The van der Waals surface area contributed by atoms with E-state index in [2.05, 4.69) is 0 Å². The fourth-order valence-electron chi connectivity index (χ4n) is 1.98. The molecule has 1 aliphatic rings. The molecule has 0 radical (unpaired) electrons. The van der Waals surface area contributed by atoms with Gasteiger partial charge in [-0.15, -0.1) is 0 Å². The van der Waals surface area contributed by atoms with Crippen LogP contribution < -0.4 is 10.5 Å². The van der Waals surface area contributed by atoms with Gasteiger partial charge in [0.05, 0.1) is 0 Å². The van der Waals surface area contributed by atoms with Crippen molar-refractivity contribution >= 4 is 5.97 Å². The summed E-state index contributed by atoms with van der Waals surface area (Å²) >= 11 is 0. The first-order valence-electron chi connectivity index (χ1n) is 5.02. The molecule has 1 atom stereocenters. The molecule has 4 N–H and O–H groups in total. The van der Waals surface area contributed by atoms with Gasteiger partial charge in [0.1, 0.15) is 0 Å². The average molecular weight is 223 g/mol. The summed E-state index contributed by atoms with van der Waals surface area (Å²) in [5, 5.41) is 18.1. The van der Waals surface area contributed by atoms with Gasteiger partial charge in [0.25, 0.3) is 0 Å². The van der Waals surface area contributed by atoms with Crippen LogP contribution in [-0.4, -0.2) is 28.8 Å². The molecule has 1 aromatic rings. The average Bonchev–Trinajstić information content (AvgIpc) is 2.57. The Balaban J connectivity index is 2.30. The molecular weight excluding hydrogens is 210 g/mol. The SMILES string of the molecule is NC1Cc2ccc(O)c(OCC(=O)O)c2C1. The maximum absolute atomic E-state index is 10.4. The van der Waals surface area contributed by atoms with E-state index in [-0.39, 0.29) is 17.5 Å². The molecule has 16 heavy (non-hydrogen) atoms. The molecule has 5 heteroatoms. The molecule has 0 aromatic heterocycles. The molecule has 0 aliphatic heterocycles. The van der Waals surface area contributed by atoms with Gasteiger partial charge in [-0.3, -0.25) is 0 Å². The third kappa shape index (κ3) is 1.94. The minimum atomic E-state index is -1.07. The van der Waals surface area contributed by atoms with E-state index < -0.39 is 12.6 Å². The first-order chi connectivity index (χ1) is 7.58. The van der Waals surface area contributed by atoms with Crippen LogP contribution in [0.4, 0.5) is 0 Å². The lowest BCUT2D eigenvalue weighted by Gasteiger charge is -2.10. The number of benzene rings is 1. The summed E-state index contributed by atoms with van der Waals surface area (Å²) in [5.41, 5.74) is 7.65. The molecule has 0 saturated heterocycles. The third-order valence-electron chi connectivity index (χ3n) is 2.63. The summed E-state index contributed by atoms with van der Waals surface area (Å²) in [5.74, 6) is -0.846. The molecule has 0 heterocycles. The van der Waals surface area contributed by atoms with Crippen LogP contribution >= 0.6 is 0 Å². The fourth-order valence-corrected chi connectivity index (χ4v) is 1.98. The van der Waals surface area contributed by atoms with Crippen molar-refractivity contribution in [3.05, 3.63) is 23.3 Å². The van der Waals surface area contributed by atoms with Crippen molar-refractivity contribution in [1.29, 1.82) is 0 Å². The largest absolute Gasteiger partial charge is 0.504 e. The van der Waals surface area contributed by atoms with E-state index in [0.29, 0.717) is 6.42 Å². The Morgan fingerprint density at radius 1 is 1.50 bits per heavy atom. The molecule has 1 unspecified atom stereocenters. The first-order valence-corrected chi connectivity index (χ1v) is 5.02. The van der Waals surface area contributed by atoms with Gasteiger partial charge in [-0.1, -0.05) is 6.07 Å². The second-order valence-corrected chi connectivity index (χ2v) is 3.90. The van der Waals surface area contributed by atoms with Crippen LogP contribution in [-0.2, 0) is 17.6 Å². The van der Waals surface area contributed by atoms with E-state index in [4.69, 9.17) is 15.6 Å². The second-order valence-electron chi connectivity index (χ2n) is 3.90. The Bertz CT molecular complexity index is 430. The summed E-state index contributed by atoms with van der Waals surface area (Å²) in [6.07, 6.45) is 1.34. The highest BCUT2D eigenvalue weighted by Gasteiger charge is 2.24. The molecule has 2 rings (SSSR count). The molecule has 86 valence electrons. The smallest absolute Gasteiger partial charge is 0.341 e. The number of ether oxygens (including phenoxy) is 1. The Morgan fingerprint density at radius 3 is 2.94 bits per heavy atom. The Hall–Kier alpha value is -1.75. The van der Waals surface area contributed by atoms with Crippen LogP contribution in [0.3, 0.4) is 0 Å². The van der Waals surface area contributed by atoms with Gasteiger partial charge in [-0.05, 0) is 24.5 Å². The maximum atomic E-state index is 10.4. The quantitative estimate of drug-likeness (QED) is 0.684. The minimum absolute atomic E-state index is 0.0176. The summed E-state index contributed by atoms with van der Waals surface area (Å²) in [7, 11) is 0. The van der Waals surface area contributed by atoms with E-state index in [1.54, 1.807) is 6.07 Å². The Morgan fingerprint density at radius 2 is 2.25 bits per heavy atom. The Kier molecular flexibility index (Phi) is 2.70. The van der Waals surface area contributed by atoms with Gasteiger partial charge in [0.2, 0.25) is 0 Å². The molecule has 0 saturated carbocycles. The number of nitrogens with two attached hydrogens (primary N) is 1. The predicted molar refractivity (Wildman–Crippen MR) is 56.6 cm³/mol. The summed E-state index contributed by atoms with van der Waals surface area (Å²) in [6.45, 7) is -0.459. The molecule has 1 aromatic carbocycles. The highest BCUT2D eigenvalue weighted by atomic mass is 16.5. The normalized spacial score (nSPS) is 18.2. The van der Waals surface area contributed by atoms with Crippen molar-refractivity contribution in [1.82, 2.24) is 0 Å². The lowest BCUT2D eigenvalue weighted by Crippen LogP contribution is -2.19. The molecular formula is C11H13NO4. The molecule has 0 amide bonds. The predicted octanol–water partition coefficient (Wildman–Crippen LogP) is 0.282. The van der Waals surface area contributed by atoms with Gasteiger partial charge >= 0.3 is 5.97 Å². The fraction of sp³-hybridized carbons (Fsp3) is 0.364. The third-order valence-corrected chi connectivity index (χ3v) is 2.63. The van der Waals surface area contributed by atoms with Crippen molar-refractivity contribution in [3.63, 3.8) is 0 Å². The van der Waals surface area contributed by atoms with Crippen molar-refractivity contribution in [2.24, 2.45) is 5.73 Å². The summed E-state index contributed by atoms with van der Waals surface area (Å²) < 4.78 is 5.08. The number of phenolic OH excluding ortho intramolecular Hbond substituents is 1. The number of carboxylic acids is 1. The number of aliphatic carboxylic acids is 1. The number of aromatic hydroxyl groups is 1. The van der Waals surface area contributed by atoms with Crippen LogP contribution in [0.15, 0.2) is 12.1 Å². The number of carbonyl (C=O) groups is 1. The van der Waals surface area contributed by atoms with Gasteiger partial charge in [-0.2, -0.15) is 0 Å². The summed E-state index contributed by atoms with van der Waals surface area (Å²) in [4.78, 5) is 10.4. The zero-order chi connectivity index (χ0) is 11.7. The van der Waals surface area contributed by atoms with Crippen molar-refractivity contribution < 1.29 is 19.7 Å². The van der Waals surface area contributed by atoms with Gasteiger partial charge in [-0.25, -0.2) is 4.79 Å². The monoisotopic (exact) mass is 223 g/mol. The van der Waals surface area contributed by atoms with Crippen LogP contribution in [0.5, 0.6) is 11.5 Å².